The zero-order chi connectivity index (χ0) is 30.9. The van der Waals surface area contributed by atoms with Gasteiger partial charge in [-0.3, -0.25) is 4.57 Å². The largest absolute Gasteiger partial charge is 0.445 e. The number of aromatic nitrogens is 3. The molecule has 5 rings (SSSR count). The van der Waals surface area contributed by atoms with Crippen molar-refractivity contribution in [2.75, 3.05) is 40.0 Å². The highest BCUT2D eigenvalue weighted by Crippen LogP contribution is 2.29. The maximum Gasteiger partial charge on any atom is 0.410 e. The molecule has 0 N–H and O–H groups in total. The number of hydrogen-bond acceptors (Lipinski definition) is 5. The third-order valence-electron chi connectivity index (χ3n) is 8.24. The Labute approximate surface area is 259 Å². The fourth-order valence-corrected chi connectivity index (χ4v) is 5.74. The molecule has 0 saturated carbocycles. The Morgan fingerprint density at radius 2 is 1.86 bits per heavy atom. The summed E-state index contributed by atoms with van der Waals surface area (Å²) in [6, 6.07) is 16.5. The van der Waals surface area contributed by atoms with Gasteiger partial charge in [-0.05, 0) is 67.5 Å². The van der Waals surface area contributed by atoms with Gasteiger partial charge in [0.1, 0.15) is 6.61 Å². The highest BCUT2D eigenvalue weighted by Gasteiger charge is 2.25. The molecule has 0 aliphatic carbocycles. The van der Waals surface area contributed by atoms with E-state index >= 15 is 0 Å². The fraction of sp³-hybridized carbons (Fsp3) is 0.400. The Kier molecular flexibility index (Phi) is 10.5. The average molecular weight is 598 g/mol. The molecule has 9 heteroatoms. The normalized spacial score (nSPS) is 13.7. The van der Waals surface area contributed by atoms with Crippen LogP contribution in [0, 0.1) is 5.92 Å². The molecule has 0 spiro atoms. The molecular formula is C35H43N5O4. The summed E-state index contributed by atoms with van der Waals surface area (Å²) in [6.45, 7) is 8.02. The minimum Gasteiger partial charge on any atom is -0.445 e. The van der Waals surface area contributed by atoms with E-state index in [4.69, 9.17) is 9.47 Å². The van der Waals surface area contributed by atoms with E-state index in [1.165, 1.54) is 5.39 Å². The number of methoxy groups -OCH3 is 1. The lowest BCUT2D eigenvalue weighted by atomic mass is 9.97. The predicted octanol–water partition coefficient (Wildman–Crippen LogP) is 6.83. The number of piperidine rings is 1. The molecule has 1 saturated heterocycles. The van der Waals surface area contributed by atoms with Crippen molar-refractivity contribution in [3.63, 3.8) is 0 Å². The van der Waals surface area contributed by atoms with Gasteiger partial charge in [0.2, 0.25) is 0 Å². The quantitative estimate of drug-likeness (QED) is 0.140. The molecule has 0 atom stereocenters. The van der Waals surface area contributed by atoms with E-state index in [0.29, 0.717) is 45.3 Å². The van der Waals surface area contributed by atoms with E-state index in [-0.39, 0.29) is 12.1 Å². The van der Waals surface area contributed by atoms with Gasteiger partial charge < -0.3 is 23.8 Å². The van der Waals surface area contributed by atoms with E-state index in [2.05, 4.69) is 39.9 Å². The number of fused-ring (bicyclic) bond motifs is 1. The van der Waals surface area contributed by atoms with Crippen molar-refractivity contribution in [2.45, 2.75) is 46.2 Å². The van der Waals surface area contributed by atoms with E-state index in [0.717, 1.165) is 53.6 Å². The predicted molar refractivity (Wildman–Crippen MR) is 172 cm³/mol. The third-order valence-corrected chi connectivity index (χ3v) is 8.24. The maximum absolute atomic E-state index is 13.9. The topological polar surface area (TPSA) is 81.8 Å². The molecule has 0 unspecified atom stereocenters. The van der Waals surface area contributed by atoms with Crippen LogP contribution in [-0.4, -0.2) is 76.0 Å². The molecule has 4 aromatic rings. The van der Waals surface area contributed by atoms with Gasteiger partial charge >= 0.3 is 12.1 Å². The summed E-state index contributed by atoms with van der Waals surface area (Å²) in [4.78, 5) is 34.4. The fourth-order valence-electron chi connectivity index (χ4n) is 5.74. The van der Waals surface area contributed by atoms with Crippen molar-refractivity contribution in [3.8, 4) is 11.1 Å². The lowest BCUT2D eigenvalue weighted by Crippen LogP contribution is -2.40. The molecule has 3 heterocycles. The van der Waals surface area contributed by atoms with Crippen LogP contribution in [0.2, 0.25) is 0 Å². The van der Waals surface area contributed by atoms with E-state index in [1.807, 2.05) is 67.9 Å². The van der Waals surface area contributed by atoms with Gasteiger partial charge in [0.25, 0.3) is 0 Å². The van der Waals surface area contributed by atoms with Gasteiger partial charge in [-0.1, -0.05) is 48.0 Å². The number of carbonyl (C=O) groups is 2. The molecule has 0 bridgehead atoms. The zero-order valence-electron chi connectivity index (χ0n) is 26.0. The number of benzene rings is 2. The molecule has 232 valence electrons. The second-order valence-corrected chi connectivity index (χ2v) is 11.7. The first-order chi connectivity index (χ1) is 21.4. The van der Waals surface area contributed by atoms with Crippen LogP contribution in [0.5, 0.6) is 0 Å². The van der Waals surface area contributed by atoms with Gasteiger partial charge in [0, 0.05) is 64.0 Å². The lowest BCUT2D eigenvalue weighted by molar-refractivity contribution is 0.0940. The van der Waals surface area contributed by atoms with E-state index in [9.17, 15) is 9.59 Å². The summed E-state index contributed by atoms with van der Waals surface area (Å²) < 4.78 is 14.5. The van der Waals surface area contributed by atoms with Gasteiger partial charge in [0.15, 0.2) is 0 Å². The number of hydrogen-bond donors (Lipinski definition) is 0. The van der Waals surface area contributed by atoms with Crippen molar-refractivity contribution < 1.29 is 19.1 Å². The average Bonchev–Trinajstić information content (AvgIpc) is 3.70. The molecule has 0 radical (unpaired) electrons. The van der Waals surface area contributed by atoms with Crippen LogP contribution in [0.3, 0.4) is 0 Å². The first kappa shape index (κ1) is 31.1. The number of imidazole rings is 1. The van der Waals surface area contributed by atoms with Crippen molar-refractivity contribution in [1.29, 1.82) is 0 Å². The number of ether oxygens (including phenoxy) is 2. The number of rotatable bonds is 11. The minimum absolute atomic E-state index is 0.0831. The van der Waals surface area contributed by atoms with Crippen molar-refractivity contribution in [3.05, 3.63) is 90.8 Å². The Morgan fingerprint density at radius 3 is 2.66 bits per heavy atom. The monoisotopic (exact) mass is 597 g/mol. The lowest BCUT2D eigenvalue weighted by Gasteiger charge is -2.32. The summed E-state index contributed by atoms with van der Waals surface area (Å²) in [5.74, 6) is 0.412. The first-order valence-corrected chi connectivity index (χ1v) is 15.4. The van der Waals surface area contributed by atoms with Crippen LogP contribution in [0.25, 0.3) is 21.9 Å². The highest BCUT2D eigenvalue weighted by molar-refractivity contribution is 5.97. The molecular weight excluding hydrogens is 554 g/mol. The Bertz CT molecular complexity index is 1570. The summed E-state index contributed by atoms with van der Waals surface area (Å²) in [5.41, 5.74) is 4.22. The summed E-state index contributed by atoms with van der Waals surface area (Å²) in [6.07, 6.45) is 11.7. The van der Waals surface area contributed by atoms with Crippen LogP contribution in [0.4, 0.5) is 9.59 Å². The molecule has 9 nitrogen and oxygen atoms in total. The maximum atomic E-state index is 13.9. The zero-order valence-corrected chi connectivity index (χ0v) is 26.0. The molecule has 2 aromatic carbocycles. The van der Waals surface area contributed by atoms with Crippen LogP contribution in [0.15, 0.2) is 85.1 Å². The molecule has 1 fully saturated rings. The second kappa shape index (κ2) is 14.9. The molecule has 2 aromatic heterocycles. The van der Waals surface area contributed by atoms with Crippen LogP contribution >= 0.6 is 0 Å². The van der Waals surface area contributed by atoms with Gasteiger partial charge in [0.05, 0.1) is 18.6 Å². The van der Waals surface area contributed by atoms with E-state index < -0.39 is 0 Å². The van der Waals surface area contributed by atoms with Gasteiger partial charge in [-0.2, -0.15) is 0 Å². The summed E-state index contributed by atoms with van der Waals surface area (Å²) >= 11 is 0. The Morgan fingerprint density at radius 1 is 1.07 bits per heavy atom. The molecule has 1 aliphatic rings. The standard InChI is InChI=1S/C35H43N5O4/c1-27(2)15-21-44-35(42)37-17-12-28(13-18-37)23-40-26-36-22-31(40)25-38(16-7-20-43-3)34(41)39-19-14-30(24-39)33-11-6-9-29-8-4-5-10-32(29)33/h4-6,8-11,14-15,19,22,24,26,28H,7,12-13,16-18,20-21,23,25H2,1-3H3. The van der Waals surface area contributed by atoms with Crippen LogP contribution < -0.4 is 0 Å². The summed E-state index contributed by atoms with van der Waals surface area (Å²) in [7, 11) is 1.68. The highest BCUT2D eigenvalue weighted by atomic mass is 16.6. The van der Waals surface area contributed by atoms with Crippen LogP contribution in [-0.2, 0) is 22.6 Å². The Balaban J connectivity index is 1.24. The number of carbonyl (C=O) groups excluding carboxylic acids is 2. The third kappa shape index (κ3) is 7.77. The number of nitrogens with zero attached hydrogens (tertiary/aromatic N) is 5. The van der Waals surface area contributed by atoms with E-state index in [1.54, 1.807) is 16.6 Å². The molecule has 44 heavy (non-hydrogen) atoms. The Hall–Kier alpha value is -4.37. The van der Waals surface area contributed by atoms with Gasteiger partial charge in [-0.25, -0.2) is 14.6 Å². The number of allylic oxidation sites excluding steroid dienone is 1. The van der Waals surface area contributed by atoms with Crippen molar-refractivity contribution >= 4 is 22.9 Å². The summed E-state index contributed by atoms with van der Waals surface area (Å²) in [5, 5.41) is 2.33. The number of amides is 2. The SMILES string of the molecule is COCCCN(Cc1cncn1CC1CCN(C(=O)OCC=C(C)C)CC1)C(=O)n1ccc(-c2cccc3ccccc23)c1. The molecule has 1 aliphatic heterocycles. The first-order valence-electron chi connectivity index (χ1n) is 15.4. The van der Waals surface area contributed by atoms with Gasteiger partial charge in [-0.15, -0.1) is 0 Å². The van der Waals surface area contributed by atoms with Crippen molar-refractivity contribution in [2.24, 2.45) is 5.92 Å². The second-order valence-electron chi connectivity index (χ2n) is 11.7. The molecule has 2 amide bonds. The van der Waals surface area contributed by atoms with Crippen molar-refractivity contribution in [1.82, 2.24) is 23.9 Å². The van der Waals surface area contributed by atoms with Crippen LogP contribution in [0.1, 0.15) is 38.8 Å². The smallest absolute Gasteiger partial charge is 0.410 e. The number of likely N-dealkylation sites (tertiary alicyclic amines) is 1. The minimum atomic E-state index is -0.247.